The zero-order valence-electron chi connectivity index (χ0n) is 20.2. The van der Waals surface area contributed by atoms with Crippen molar-refractivity contribution in [1.29, 1.82) is 0 Å². The summed E-state index contributed by atoms with van der Waals surface area (Å²) in [6.45, 7) is 2.18. The van der Waals surface area contributed by atoms with Gasteiger partial charge in [0.2, 0.25) is 5.91 Å². The largest absolute Gasteiger partial charge is 0.387 e. The van der Waals surface area contributed by atoms with Crippen LogP contribution >= 0.6 is 22.9 Å². The van der Waals surface area contributed by atoms with E-state index in [2.05, 4.69) is 16.3 Å². The molecule has 2 aliphatic rings. The Kier molecular flexibility index (Phi) is 7.71. The quantitative estimate of drug-likeness (QED) is 0.305. The first-order valence-corrected chi connectivity index (χ1v) is 13.3. The highest BCUT2D eigenvalue weighted by Crippen LogP contribution is 2.36. The summed E-state index contributed by atoms with van der Waals surface area (Å²) in [5.41, 5.74) is 0.742. The first-order valence-electron chi connectivity index (χ1n) is 12.0. The molecule has 1 fully saturated rings. The number of halogens is 5. The Bertz CT molecular complexity index is 1340. The number of carbonyl (C=O) groups is 1. The standard InChI is InChI=1S/C25H23ClF4N5O2S/c1-13(35-20(23(29)30)10-18(32-35)22(27)28)25(36)34-8-6-14(7-9-34)24-31-19(12-38-24)17-11-21(37-33-17)15-4-2-3-5-16(15)26/h2-3,5,10,12-14,21-23H,6-9,11H2,1H3/t13?,21-/m0/s1. The normalized spacial score (nSPS) is 19.2. The van der Waals surface area contributed by atoms with Crippen LogP contribution in [0.2, 0.25) is 5.02 Å². The predicted octanol–water partition coefficient (Wildman–Crippen LogP) is 6.50. The van der Waals surface area contributed by atoms with Crippen LogP contribution in [0.1, 0.15) is 84.8 Å². The molecule has 0 spiro atoms. The van der Waals surface area contributed by atoms with Crippen LogP contribution in [-0.2, 0) is 9.63 Å². The number of benzene rings is 1. The highest BCUT2D eigenvalue weighted by atomic mass is 35.5. The second-order valence-electron chi connectivity index (χ2n) is 9.15. The van der Waals surface area contributed by atoms with Crippen LogP contribution < -0.4 is 0 Å². The van der Waals surface area contributed by atoms with Gasteiger partial charge in [0.25, 0.3) is 12.9 Å². The van der Waals surface area contributed by atoms with E-state index in [1.165, 1.54) is 18.3 Å². The smallest absolute Gasteiger partial charge is 0.282 e. The number of thiazole rings is 1. The molecule has 0 N–H and O–H groups in total. The molecule has 0 saturated carbocycles. The lowest BCUT2D eigenvalue weighted by Crippen LogP contribution is -2.41. The third-order valence-corrected chi connectivity index (χ3v) is 8.09. The minimum Gasteiger partial charge on any atom is -0.387 e. The van der Waals surface area contributed by atoms with Gasteiger partial charge in [-0.1, -0.05) is 28.9 Å². The van der Waals surface area contributed by atoms with Crippen molar-refractivity contribution in [3.05, 3.63) is 68.4 Å². The van der Waals surface area contributed by atoms with E-state index in [0.717, 1.165) is 22.0 Å². The summed E-state index contributed by atoms with van der Waals surface area (Å²) in [6.07, 6.45) is -4.56. The number of piperidine rings is 1. The Labute approximate surface area is 225 Å². The highest BCUT2D eigenvalue weighted by Gasteiger charge is 2.33. The molecule has 5 rings (SSSR count). The van der Waals surface area contributed by atoms with Crippen LogP contribution in [0.3, 0.4) is 0 Å². The molecule has 0 aliphatic carbocycles. The van der Waals surface area contributed by atoms with E-state index in [1.807, 2.05) is 5.38 Å². The Morgan fingerprint density at radius 1 is 1.24 bits per heavy atom. The van der Waals surface area contributed by atoms with Crippen molar-refractivity contribution in [1.82, 2.24) is 19.7 Å². The van der Waals surface area contributed by atoms with Gasteiger partial charge in [-0.25, -0.2) is 22.5 Å². The molecule has 2 atom stereocenters. The van der Waals surface area contributed by atoms with E-state index in [1.54, 1.807) is 23.1 Å². The molecule has 4 heterocycles. The third-order valence-electron chi connectivity index (χ3n) is 6.75. The van der Waals surface area contributed by atoms with E-state index < -0.39 is 36.2 Å². The van der Waals surface area contributed by atoms with E-state index in [-0.39, 0.29) is 12.0 Å². The van der Waals surface area contributed by atoms with Gasteiger partial charge in [0, 0.05) is 41.4 Å². The molecule has 1 radical (unpaired) electrons. The topological polar surface area (TPSA) is 72.6 Å². The Morgan fingerprint density at radius 3 is 2.68 bits per heavy atom. The number of hydrogen-bond acceptors (Lipinski definition) is 6. The number of hydrogen-bond donors (Lipinski definition) is 0. The molecule has 2 aliphatic heterocycles. The molecule has 7 nitrogen and oxygen atoms in total. The molecule has 1 amide bonds. The molecular weight excluding hydrogens is 546 g/mol. The molecule has 2 aromatic heterocycles. The number of amides is 1. The summed E-state index contributed by atoms with van der Waals surface area (Å²) < 4.78 is 53.5. The zero-order valence-corrected chi connectivity index (χ0v) is 21.7. The summed E-state index contributed by atoms with van der Waals surface area (Å²) >= 11 is 7.77. The van der Waals surface area contributed by atoms with Gasteiger partial charge in [-0.15, -0.1) is 11.3 Å². The molecule has 38 heavy (non-hydrogen) atoms. The minimum absolute atomic E-state index is 0.121. The summed E-state index contributed by atoms with van der Waals surface area (Å²) in [5, 5.41) is 11.2. The monoisotopic (exact) mass is 568 g/mol. The average molecular weight is 569 g/mol. The van der Waals surface area contributed by atoms with Gasteiger partial charge in [0.15, 0.2) is 6.10 Å². The third kappa shape index (κ3) is 5.28. The van der Waals surface area contributed by atoms with E-state index >= 15 is 0 Å². The van der Waals surface area contributed by atoms with Crippen LogP contribution in [0.4, 0.5) is 17.6 Å². The van der Waals surface area contributed by atoms with Gasteiger partial charge in [-0.3, -0.25) is 9.48 Å². The summed E-state index contributed by atoms with van der Waals surface area (Å²) in [5.74, 6) is -0.315. The molecule has 3 aromatic rings. The maximum absolute atomic E-state index is 13.4. The molecule has 1 unspecified atom stereocenters. The highest BCUT2D eigenvalue weighted by molar-refractivity contribution is 7.10. The fourth-order valence-corrected chi connectivity index (χ4v) is 5.94. The van der Waals surface area contributed by atoms with Gasteiger partial charge in [-0.05, 0) is 38.0 Å². The first kappa shape index (κ1) is 26.6. The van der Waals surface area contributed by atoms with Gasteiger partial charge in [0.05, 0.1) is 10.7 Å². The number of rotatable bonds is 7. The molecule has 1 aromatic carbocycles. The maximum Gasteiger partial charge on any atom is 0.282 e. The SMILES string of the molecule is CC(C(=O)N1CCC(c2nc(C3=NO[C@H](c4[c]cccc4Cl)C3)cs2)CC1)n1nc(C(F)F)cc1C(F)F. The number of oxime groups is 1. The lowest BCUT2D eigenvalue weighted by molar-refractivity contribution is -0.135. The molecule has 0 bridgehead atoms. The van der Waals surface area contributed by atoms with Crippen molar-refractivity contribution in [2.45, 2.75) is 57.1 Å². The zero-order chi connectivity index (χ0) is 27.0. The van der Waals surface area contributed by atoms with Crippen LogP contribution in [0.25, 0.3) is 0 Å². The number of aromatic nitrogens is 3. The summed E-state index contributed by atoms with van der Waals surface area (Å²) in [4.78, 5) is 24.9. The summed E-state index contributed by atoms with van der Waals surface area (Å²) in [7, 11) is 0. The van der Waals surface area contributed by atoms with Crippen LogP contribution in [0.15, 0.2) is 34.8 Å². The van der Waals surface area contributed by atoms with E-state index in [9.17, 15) is 22.4 Å². The van der Waals surface area contributed by atoms with Crippen molar-refractivity contribution in [2.24, 2.45) is 5.16 Å². The fourth-order valence-electron chi connectivity index (χ4n) is 4.69. The average Bonchev–Trinajstić information content (AvgIpc) is 3.67. The second kappa shape index (κ2) is 11.0. The number of carbonyl (C=O) groups excluding carboxylic acids is 1. The fraction of sp³-hybridized carbons (Fsp3) is 0.440. The van der Waals surface area contributed by atoms with Crippen molar-refractivity contribution in [3.63, 3.8) is 0 Å². The molecular formula is C25H23ClF4N5O2S. The number of nitrogens with zero attached hydrogens (tertiary/aromatic N) is 5. The molecule has 1 saturated heterocycles. The van der Waals surface area contributed by atoms with Gasteiger partial charge in [0.1, 0.15) is 23.1 Å². The van der Waals surface area contributed by atoms with Crippen LogP contribution in [-0.4, -0.2) is 44.4 Å². The minimum atomic E-state index is -3.02. The number of alkyl halides is 4. The van der Waals surface area contributed by atoms with Crippen molar-refractivity contribution < 1.29 is 27.2 Å². The van der Waals surface area contributed by atoms with Gasteiger partial charge < -0.3 is 9.74 Å². The van der Waals surface area contributed by atoms with Crippen LogP contribution in [0, 0.1) is 6.07 Å². The molecule has 201 valence electrons. The predicted molar refractivity (Wildman–Crippen MR) is 133 cm³/mol. The maximum atomic E-state index is 13.4. The Hall–Kier alpha value is -2.99. The lowest BCUT2D eigenvalue weighted by Gasteiger charge is -2.33. The van der Waals surface area contributed by atoms with Crippen molar-refractivity contribution in [2.75, 3.05) is 13.1 Å². The first-order chi connectivity index (χ1) is 18.2. The Balaban J connectivity index is 1.19. The lowest BCUT2D eigenvalue weighted by atomic mass is 9.97. The summed E-state index contributed by atoms with van der Waals surface area (Å²) in [6, 6.07) is 7.98. The number of likely N-dealkylation sites (tertiary alicyclic amines) is 1. The Morgan fingerprint density at radius 2 is 2.00 bits per heavy atom. The molecule has 13 heteroatoms. The van der Waals surface area contributed by atoms with Gasteiger partial charge in [-0.2, -0.15) is 5.10 Å². The second-order valence-corrected chi connectivity index (χ2v) is 10.5. The van der Waals surface area contributed by atoms with E-state index in [0.29, 0.717) is 48.1 Å². The van der Waals surface area contributed by atoms with E-state index in [4.69, 9.17) is 21.4 Å². The van der Waals surface area contributed by atoms with Gasteiger partial charge >= 0.3 is 0 Å². The van der Waals surface area contributed by atoms with Crippen molar-refractivity contribution >= 4 is 34.6 Å². The van der Waals surface area contributed by atoms with Crippen molar-refractivity contribution in [3.8, 4) is 0 Å². The van der Waals surface area contributed by atoms with Crippen LogP contribution in [0.5, 0.6) is 0 Å².